The summed E-state index contributed by atoms with van der Waals surface area (Å²) in [6, 6.07) is 16.1. The zero-order valence-corrected chi connectivity index (χ0v) is 11.9. The van der Waals surface area contributed by atoms with Gasteiger partial charge in [-0.1, -0.05) is 30.3 Å². The van der Waals surface area contributed by atoms with E-state index in [1.807, 2.05) is 36.4 Å². The molecule has 2 aromatic heterocycles. The Morgan fingerprint density at radius 2 is 1.96 bits per heavy atom. The Balaban J connectivity index is 1.72. The van der Waals surface area contributed by atoms with Crippen molar-refractivity contribution in [3.63, 3.8) is 0 Å². The molecule has 114 valence electrons. The van der Waals surface area contributed by atoms with E-state index in [9.17, 15) is 10.1 Å². The molecule has 0 atom stereocenters. The number of anilines is 1. The molecule has 0 radical (unpaired) electrons. The third kappa shape index (κ3) is 3.41. The second-order valence-corrected chi connectivity index (χ2v) is 4.57. The number of nitrogens with zero attached hydrogens (tertiary/aromatic N) is 3. The van der Waals surface area contributed by atoms with Crippen molar-refractivity contribution in [1.82, 2.24) is 4.98 Å². The van der Waals surface area contributed by atoms with Gasteiger partial charge in [0.1, 0.15) is 11.5 Å². The van der Waals surface area contributed by atoms with Gasteiger partial charge in [0.2, 0.25) is 5.82 Å². The normalized spacial score (nSPS) is 10.8. The summed E-state index contributed by atoms with van der Waals surface area (Å²) in [4.78, 5) is 14.2. The number of hydrogen-bond donors (Lipinski definition) is 1. The predicted molar refractivity (Wildman–Crippen MR) is 86.3 cm³/mol. The van der Waals surface area contributed by atoms with Crippen molar-refractivity contribution >= 4 is 17.7 Å². The van der Waals surface area contributed by atoms with E-state index in [0.29, 0.717) is 5.76 Å². The molecule has 0 aliphatic rings. The van der Waals surface area contributed by atoms with Crippen molar-refractivity contribution in [3.05, 3.63) is 76.7 Å². The van der Waals surface area contributed by atoms with Crippen LogP contribution in [0, 0.1) is 10.1 Å². The van der Waals surface area contributed by atoms with E-state index in [0.717, 1.165) is 11.3 Å². The Hall–Kier alpha value is -3.48. The van der Waals surface area contributed by atoms with E-state index in [2.05, 4.69) is 15.5 Å². The standard InChI is InChI=1S/C16H12N4O3/c21-20(22)14-7-4-10-17-16(14)19-18-11-13-8-9-15(23-13)12-5-2-1-3-6-12/h1-11H,(H,17,19)/b18-11-. The van der Waals surface area contributed by atoms with Crippen LogP contribution in [0.1, 0.15) is 5.76 Å². The molecule has 3 aromatic rings. The van der Waals surface area contributed by atoms with E-state index in [-0.39, 0.29) is 11.5 Å². The topological polar surface area (TPSA) is 93.6 Å². The fourth-order valence-corrected chi connectivity index (χ4v) is 1.97. The molecule has 1 aromatic carbocycles. The van der Waals surface area contributed by atoms with E-state index >= 15 is 0 Å². The van der Waals surface area contributed by atoms with Gasteiger partial charge in [0.25, 0.3) is 0 Å². The molecule has 23 heavy (non-hydrogen) atoms. The van der Waals surface area contributed by atoms with Crippen LogP contribution < -0.4 is 5.43 Å². The second kappa shape index (κ2) is 6.52. The monoisotopic (exact) mass is 308 g/mol. The highest BCUT2D eigenvalue weighted by atomic mass is 16.6. The van der Waals surface area contributed by atoms with Crippen molar-refractivity contribution in [2.24, 2.45) is 5.10 Å². The Morgan fingerprint density at radius 3 is 2.74 bits per heavy atom. The third-order valence-corrected chi connectivity index (χ3v) is 3.03. The SMILES string of the molecule is O=[N+]([O-])c1cccnc1N/N=C\c1ccc(-c2ccccc2)o1. The smallest absolute Gasteiger partial charge is 0.313 e. The van der Waals surface area contributed by atoms with Gasteiger partial charge in [-0.3, -0.25) is 15.5 Å². The van der Waals surface area contributed by atoms with Gasteiger partial charge in [0.05, 0.1) is 11.1 Å². The molecule has 1 N–H and O–H groups in total. The number of furan rings is 1. The molecular formula is C16H12N4O3. The van der Waals surface area contributed by atoms with Crippen molar-refractivity contribution in [1.29, 1.82) is 0 Å². The lowest BCUT2D eigenvalue weighted by molar-refractivity contribution is -0.384. The quantitative estimate of drug-likeness (QED) is 0.440. The fraction of sp³-hybridized carbons (Fsp3) is 0. The number of nitro groups is 1. The molecule has 7 heteroatoms. The maximum Gasteiger partial charge on any atom is 0.313 e. The molecule has 0 saturated carbocycles. The predicted octanol–water partition coefficient (Wildman–Crippen LogP) is 3.70. The molecule has 0 spiro atoms. The average molecular weight is 308 g/mol. The van der Waals surface area contributed by atoms with Gasteiger partial charge >= 0.3 is 5.69 Å². The third-order valence-electron chi connectivity index (χ3n) is 3.03. The number of hydrogen-bond acceptors (Lipinski definition) is 6. The zero-order valence-electron chi connectivity index (χ0n) is 11.9. The molecule has 0 unspecified atom stereocenters. The molecule has 0 fully saturated rings. The van der Waals surface area contributed by atoms with Gasteiger partial charge in [-0.25, -0.2) is 4.98 Å². The van der Waals surface area contributed by atoms with Crippen LogP contribution in [0.25, 0.3) is 11.3 Å². The van der Waals surface area contributed by atoms with Gasteiger partial charge in [-0.05, 0) is 18.2 Å². The van der Waals surface area contributed by atoms with Crippen LogP contribution in [-0.4, -0.2) is 16.1 Å². The molecule has 2 heterocycles. The highest BCUT2D eigenvalue weighted by molar-refractivity contribution is 5.78. The molecule has 0 saturated heterocycles. The first-order valence-electron chi connectivity index (χ1n) is 6.78. The maximum atomic E-state index is 10.9. The highest BCUT2D eigenvalue weighted by Crippen LogP contribution is 2.22. The summed E-state index contributed by atoms with van der Waals surface area (Å²) in [5.41, 5.74) is 3.36. The first-order valence-corrected chi connectivity index (χ1v) is 6.78. The lowest BCUT2D eigenvalue weighted by Crippen LogP contribution is -1.98. The number of hydrazone groups is 1. The van der Waals surface area contributed by atoms with Crippen LogP contribution in [0.15, 0.2) is 70.3 Å². The summed E-state index contributed by atoms with van der Waals surface area (Å²) in [7, 11) is 0. The summed E-state index contributed by atoms with van der Waals surface area (Å²) >= 11 is 0. The largest absolute Gasteiger partial charge is 0.455 e. The van der Waals surface area contributed by atoms with Crippen LogP contribution in [-0.2, 0) is 0 Å². The van der Waals surface area contributed by atoms with Crippen molar-refractivity contribution < 1.29 is 9.34 Å². The van der Waals surface area contributed by atoms with Gasteiger partial charge in [-0.15, -0.1) is 0 Å². The molecule has 0 bridgehead atoms. The van der Waals surface area contributed by atoms with Crippen LogP contribution in [0.5, 0.6) is 0 Å². The first kappa shape index (κ1) is 14.5. The molecular weight excluding hydrogens is 296 g/mol. The Morgan fingerprint density at radius 1 is 1.13 bits per heavy atom. The molecule has 3 rings (SSSR count). The number of nitrogens with one attached hydrogen (secondary N) is 1. The maximum absolute atomic E-state index is 10.9. The summed E-state index contributed by atoms with van der Waals surface area (Å²) in [5, 5.41) is 14.8. The minimum atomic E-state index is -0.523. The lowest BCUT2D eigenvalue weighted by atomic mass is 10.2. The van der Waals surface area contributed by atoms with Crippen molar-refractivity contribution in [2.45, 2.75) is 0 Å². The van der Waals surface area contributed by atoms with Crippen LogP contribution in [0.4, 0.5) is 11.5 Å². The Labute approximate surface area is 131 Å². The van der Waals surface area contributed by atoms with Gasteiger partial charge in [0.15, 0.2) is 0 Å². The summed E-state index contributed by atoms with van der Waals surface area (Å²) < 4.78 is 5.64. The van der Waals surface area contributed by atoms with Gasteiger partial charge < -0.3 is 4.42 Å². The molecule has 0 aliphatic heterocycles. The van der Waals surface area contributed by atoms with Gasteiger partial charge in [0, 0.05) is 17.8 Å². The Kier molecular flexibility index (Phi) is 4.10. The van der Waals surface area contributed by atoms with E-state index in [1.165, 1.54) is 24.5 Å². The summed E-state index contributed by atoms with van der Waals surface area (Å²) in [6.45, 7) is 0. The van der Waals surface area contributed by atoms with E-state index < -0.39 is 4.92 Å². The first-order chi connectivity index (χ1) is 11.2. The number of benzene rings is 1. The van der Waals surface area contributed by atoms with Crippen LogP contribution in [0.3, 0.4) is 0 Å². The zero-order chi connectivity index (χ0) is 16.1. The van der Waals surface area contributed by atoms with Gasteiger partial charge in [-0.2, -0.15) is 5.10 Å². The highest BCUT2D eigenvalue weighted by Gasteiger charge is 2.12. The molecule has 0 amide bonds. The fourth-order valence-electron chi connectivity index (χ4n) is 1.97. The molecule has 0 aliphatic carbocycles. The van der Waals surface area contributed by atoms with Crippen LogP contribution in [0.2, 0.25) is 0 Å². The van der Waals surface area contributed by atoms with Crippen molar-refractivity contribution in [2.75, 3.05) is 5.43 Å². The lowest BCUT2D eigenvalue weighted by Gasteiger charge is -1.99. The van der Waals surface area contributed by atoms with Crippen LogP contribution >= 0.6 is 0 Å². The Bertz CT molecular complexity index is 843. The van der Waals surface area contributed by atoms with E-state index in [1.54, 1.807) is 6.07 Å². The molecule has 7 nitrogen and oxygen atoms in total. The summed E-state index contributed by atoms with van der Waals surface area (Å²) in [6.07, 6.45) is 2.89. The number of pyridine rings is 1. The second-order valence-electron chi connectivity index (χ2n) is 4.57. The minimum Gasteiger partial charge on any atom is -0.455 e. The van der Waals surface area contributed by atoms with Crippen molar-refractivity contribution in [3.8, 4) is 11.3 Å². The minimum absolute atomic E-state index is 0.0728. The number of rotatable bonds is 5. The van der Waals surface area contributed by atoms with E-state index in [4.69, 9.17) is 4.42 Å². The number of aromatic nitrogens is 1. The average Bonchev–Trinajstić information content (AvgIpc) is 3.05. The summed E-state index contributed by atoms with van der Waals surface area (Å²) in [5.74, 6) is 1.31.